The fraction of sp³-hybridized carbons (Fsp3) is 0.529. The number of rotatable bonds is 5. The first-order valence-electron chi connectivity index (χ1n) is 9.39. The molecule has 11 nitrogen and oxygen atoms in total. The number of nitrogens with one attached hydrogen (secondary N) is 1. The van der Waals surface area contributed by atoms with Crippen molar-refractivity contribution >= 4 is 33.7 Å². The predicted octanol–water partition coefficient (Wildman–Crippen LogP) is 1.34. The number of carbonyl (C=O) groups is 2. The van der Waals surface area contributed by atoms with E-state index in [-0.39, 0.29) is 38.3 Å². The van der Waals surface area contributed by atoms with Crippen molar-refractivity contribution in [2.45, 2.75) is 51.7 Å². The first-order valence-corrected chi connectivity index (χ1v) is 10.2. The quantitative estimate of drug-likeness (QED) is 0.551. The number of nitrogens with two attached hydrogens (primary N) is 1. The summed E-state index contributed by atoms with van der Waals surface area (Å²) in [6.45, 7) is -0.313. The lowest BCUT2D eigenvalue weighted by Gasteiger charge is -2.18. The highest BCUT2D eigenvalue weighted by Gasteiger charge is 2.32. The van der Waals surface area contributed by atoms with Gasteiger partial charge in [-0.1, -0.05) is 0 Å². The van der Waals surface area contributed by atoms with Crippen LogP contribution in [0.15, 0.2) is 9.59 Å². The van der Waals surface area contributed by atoms with Crippen LogP contribution >= 0.6 is 11.3 Å². The molecule has 0 bridgehead atoms. The highest BCUT2D eigenvalue weighted by molar-refractivity contribution is 7.18. The van der Waals surface area contributed by atoms with Gasteiger partial charge in [0.1, 0.15) is 11.4 Å². The molecule has 0 spiro atoms. The van der Waals surface area contributed by atoms with Crippen molar-refractivity contribution in [3.63, 3.8) is 0 Å². The number of carbonyl (C=O) groups excluding carboxylic acids is 1. The number of thiophene rings is 1. The number of ether oxygens (including phenoxy) is 1. The lowest BCUT2D eigenvalue weighted by molar-refractivity contribution is -0.142. The van der Waals surface area contributed by atoms with Gasteiger partial charge in [0.05, 0.1) is 24.6 Å². The van der Waals surface area contributed by atoms with Crippen molar-refractivity contribution in [1.29, 1.82) is 0 Å². The van der Waals surface area contributed by atoms with E-state index in [4.69, 9.17) is 15.6 Å². The molecule has 1 atom stereocenters. The molecular formula is C17H20F3N5O6S. The molecular weight excluding hydrogens is 459 g/mol. The maximum Gasteiger partial charge on any atom is 0.423 e. The number of amides is 3. The van der Waals surface area contributed by atoms with E-state index in [0.29, 0.717) is 18.0 Å². The normalized spacial score (nSPS) is 16.4. The van der Waals surface area contributed by atoms with Crippen molar-refractivity contribution < 1.29 is 32.6 Å². The number of aromatic nitrogens is 2. The van der Waals surface area contributed by atoms with E-state index in [1.807, 2.05) is 0 Å². The van der Waals surface area contributed by atoms with Crippen LogP contribution in [0, 0.1) is 6.92 Å². The van der Waals surface area contributed by atoms with Crippen LogP contribution in [0.5, 0.6) is 0 Å². The summed E-state index contributed by atoms with van der Waals surface area (Å²) in [4.78, 5) is 48.6. The summed E-state index contributed by atoms with van der Waals surface area (Å²) in [7, 11) is 0. The number of fused-ring (bicyclic) bond motifs is 1. The molecule has 0 saturated carbocycles. The SMILES string of the molecule is Cc1c(CN(NC(=O)O)C(N)=O)sc2c1c(=O)n(CC(F)(F)F)c(=O)n2CC1CCCO1. The number of primary amides is 1. The van der Waals surface area contributed by atoms with E-state index < -0.39 is 42.2 Å². The van der Waals surface area contributed by atoms with Gasteiger partial charge in [-0.15, -0.1) is 11.3 Å². The van der Waals surface area contributed by atoms with Crippen molar-refractivity contribution in [2.24, 2.45) is 5.73 Å². The molecule has 15 heteroatoms. The third-order valence-corrected chi connectivity index (χ3v) is 6.24. The molecule has 32 heavy (non-hydrogen) atoms. The third-order valence-electron chi connectivity index (χ3n) is 4.94. The number of hydrogen-bond donors (Lipinski definition) is 3. The van der Waals surface area contributed by atoms with Crippen LogP contribution in [0.4, 0.5) is 22.8 Å². The molecule has 2 aromatic rings. The van der Waals surface area contributed by atoms with Crippen molar-refractivity contribution in [2.75, 3.05) is 6.61 Å². The Morgan fingerprint density at radius 3 is 2.56 bits per heavy atom. The third kappa shape index (κ3) is 4.88. The van der Waals surface area contributed by atoms with Gasteiger partial charge in [0.15, 0.2) is 0 Å². The molecule has 176 valence electrons. The molecule has 3 amide bonds. The van der Waals surface area contributed by atoms with Gasteiger partial charge in [-0.2, -0.15) is 13.2 Å². The summed E-state index contributed by atoms with van der Waals surface area (Å²) in [5, 5.41) is 9.32. The highest BCUT2D eigenvalue weighted by atomic mass is 32.1. The van der Waals surface area contributed by atoms with Gasteiger partial charge < -0.3 is 15.6 Å². The Morgan fingerprint density at radius 1 is 1.34 bits per heavy atom. The molecule has 1 fully saturated rings. The predicted molar refractivity (Wildman–Crippen MR) is 106 cm³/mol. The monoisotopic (exact) mass is 479 g/mol. The second-order valence-electron chi connectivity index (χ2n) is 7.21. The number of hydrazine groups is 1. The number of nitrogens with zero attached hydrogens (tertiary/aromatic N) is 3. The van der Waals surface area contributed by atoms with Gasteiger partial charge in [0.2, 0.25) is 0 Å². The van der Waals surface area contributed by atoms with Crippen LogP contribution in [-0.2, 0) is 24.4 Å². The summed E-state index contributed by atoms with van der Waals surface area (Å²) in [6, 6.07) is -1.13. The Hall–Kier alpha value is -3.07. The Morgan fingerprint density at radius 2 is 2.03 bits per heavy atom. The number of alkyl halides is 3. The van der Waals surface area contributed by atoms with Crippen molar-refractivity contribution in [3.05, 3.63) is 31.3 Å². The van der Waals surface area contributed by atoms with Crippen molar-refractivity contribution in [1.82, 2.24) is 19.6 Å². The van der Waals surface area contributed by atoms with E-state index >= 15 is 0 Å². The molecule has 0 radical (unpaired) electrons. The van der Waals surface area contributed by atoms with Gasteiger partial charge >= 0.3 is 24.0 Å². The van der Waals surface area contributed by atoms with E-state index in [1.54, 1.807) is 5.43 Å². The number of aryl methyl sites for hydroxylation is 1. The van der Waals surface area contributed by atoms with Crippen LogP contribution in [0.1, 0.15) is 23.3 Å². The van der Waals surface area contributed by atoms with Crippen molar-refractivity contribution in [3.8, 4) is 0 Å². The van der Waals surface area contributed by atoms with E-state index in [1.165, 1.54) is 6.92 Å². The second kappa shape index (κ2) is 8.82. The zero-order chi connectivity index (χ0) is 23.8. The standard InChI is InChI=1S/C17H20F3N5O6S/c1-8-10(6-25(14(21)27)22-15(28)29)32-13-11(8)12(26)24(7-17(18,19)20)16(30)23(13)5-9-3-2-4-31-9/h9,22H,2-7H2,1H3,(H2,21,27)(H,28,29). The Balaban J connectivity index is 2.19. The van der Waals surface area contributed by atoms with E-state index in [9.17, 15) is 32.3 Å². The average molecular weight is 479 g/mol. The lowest BCUT2D eigenvalue weighted by Crippen LogP contribution is -2.47. The van der Waals surface area contributed by atoms with Crippen LogP contribution in [0.2, 0.25) is 0 Å². The summed E-state index contributed by atoms with van der Waals surface area (Å²) in [5.41, 5.74) is 4.93. The van der Waals surface area contributed by atoms with E-state index in [0.717, 1.165) is 22.3 Å². The molecule has 3 heterocycles. The number of urea groups is 1. The number of carboxylic acid groups (broad SMARTS) is 1. The maximum absolute atomic E-state index is 13.1. The summed E-state index contributed by atoms with van der Waals surface area (Å²) in [6.07, 6.45) is -5.45. The Kier molecular flexibility index (Phi) is 6.50. The Labute approximate surface area is 181 Å². The fourth-order valence-electron chi connectivity index (χ4n) is 3.49. The molecule has 0 aliphatic carbocycles. The van der Waals surface area contributed by atoms with Crippen LogP contribution in [0.25, 0.3) is 10.2 Å². The molecule has 1 aliphatic rings. The zero-order valence-corrected chi connectivity index (χ0v) is 17.6. The van der Waals surface area contributed by atoms with E-state index in [2.05, 4.69) is 0 Å². The minimum absolute atomic E-state index is 0.0558. The molecule has 3 rings (SSSR count). The van der Waals surface area contributed by atoms with Gasteiger partial charge in [-0.3, -0.25) is 13.9 Å². The highest BCUT2D eigenvalue weighted by Crippen LogP contribution is 2.30. The molecule has 4 N–H and O–H groups in total. The molecule has 2 aromatic heterocycles. The first-order chi connectivity index (χ1) is 14.9. The topological polar surface area (TPSA) is 149 Å². The fourth-order valence-corrected chi connectivity index (χ4v) is 4.78. The molecule has 0 aromatic carbocycles. The maximum atomic E-state index is 13.1. The lowest BCUT2D eigenvalue weighted by atomic mass is 10.2. The molecule has 1 aliphatic heterocycles. The number of hydrogen-bond acceptors (Lipinski definition) is 6. The largest absolute Gasteiger partial charge is 0.464 e. The average Bonchev–Trinajstić information content (AvgIpc) is 3.29. The smallest absolute Gasteiger partial charge is 0.423 e. The summed E-state index contributed by atoms with van der Waals surface area (Å²) >= 11 is 0.892. The van der Waals surface area contributed by atoms with Crippen LogP contribution in [-0.4, -0.2) is 50.3 Å². The summed E-state index contributed by atoms with van der Waals surface area (Å²) < 4.78 is 45.9. The molecule has 1 unspecified atom stereocenters. The minimum atomic E-state index is -4.81. The van der Waals surface area contributed by atoms with Gasteiger partial charge in [0, 0.05) is 11.5 Å². The zero-order valence-electron chi connectivity index (χ0n) is 16.8. The van der Waals surface area contributed by atoms with Gasteiger partial charge in [-0.25, -0.2) is 24.8 Å². The summed E-state index contributed by atoms with van der Waals surface area (Å²) in [5.74, 6) is 0. The van der Waals surface area contributed by atoms with Gasteiger partial charge in [-0.05, 0) is 25.3 Å². The molecule has 1 saturated heterocycles. The van der Waals surface area contributed by atoms with Crippen LogP contribution < -0.4 is 22.4 Å². The van der Waals surface area contributed by atoms with Gasteiger partial charge in [0.25, 0.3) is 5.56 Å². The first kappa shape index (κ1) is 23.6. The second-order valence-corrected chi connectivity index (χ2v) is 8.29. The minimum Gasteiger partial charge on any atom is -0.464 e. The van der Waals surface area contributed by atoms with Crippen LogP contribution in [0.3, 0.4) is 0 Å². The Bertz CT molecular complexity index is 1160. The number of halogens is 3.